The molecule has 1 aliphatic rings. The molecule has 134 valence electrons. The molecule has 1 aromatic heterocycles. The third-order valence-corrected chi connectivity index (χ3v) is 4.94. The Hall–Kier alpha value is -2.91. The van der Waals surface area contributed by atoms with Crippen LogP contribution in [0.15, 0.2) is 54.1 Å². The van der Waals surface area contributed by atoms with Crippen molar-refractivity contribution in [3.63, 3.8) is 0 Å². The molecule has 0 fully saturated rings. The number of hydrogen-bond acceptors (Lipinski definition) is 3. The first-order chi connectivity index (χ1) is 12.9. The van der Waals surface area contributed by atoms with Crippen LogP contribution >= 0.6 is 11.6 Å². The van der Waals surface area contributed by atoms with Crippen molar-refractivity contribution in [2.45, 2.75) is 20.8 Å². The zero-order valence-electron chi connectivity index (χ0n) is 15.3. The molecule has 0 spiro atoms. The van der Waals surface area contributed by atoms with Crippen molar-refractivity contribution in [1.29, 1.82) is 0 Å². The summed E-state index contributed by atoms with van der Waals surface area (Å²) in [4.78, 5) is 16.8. The van der Waals surface area contributed by atoms with Gasteiger partial charge in [0.1, 0.15) is 10.9 Å². The number of hydrogen-bond donors (Lipinski definition) is 0. The van der Waals surface area contributed by atoms with Crippen molar-refractivity contribution in [3.8, 4) is 0 Å². The molecule has 0 radical (unpaired) electrons. The number of rotatable bonds is 2. The predicted octanol–water partition coefficient (Wildman–Crippen LogP) is 5.79. The zero-order chi connectivity index (χ0) is 19.1. The highest BCUT2D eigenvalue weighted by molar-refractivity contribution is 6.31. The van der Waals surface area contributed by atoms with E-state index in [4.69, 9.17) is 16.3 Å². The van der Waals surface area contributed by atoms with Gasteiger partial charge in [0.25, 0.3) is 0 Å². The lowest BCUT2D eigenvalue weighted by Gasteiger charge is -2.06. The van der Waals surface area contributed by atoms with E-state index in [0.717, 1.165) is 27.6 Å². The number of nitrogens with zero attached hydrogens (tertiary/aromatic N) is 1. The predicted molar refractivity (Wildman–Crippen MR) is 109 cm³/mol. The van der Waals surface area contributed by atoms with Crippen LogP contribution in [0.2, 0.25) is 5.15 Å². The minimum Gasteiger partial charge on any atom is -0.422 e. The number of cyclic esters (lactones) is 1. The molecule has 27 heavy (non-hydrogen) atoms. The Balaban J connectivity index is 1.77. The van der Waals surface area contributed by atoms with Crippen molar-refractivity contribution >= 4 is 40.3 Å². The van der Waals surface area contributed by atoms with E-state index < -0.39 is 0 Å². The number of halogens is 1. The van der Waals surface area contributed by atoms with E-state index in [-0.39, 0.29) is 5.97 Å². The third kappa shape index (κ3) is 3.38. The van der Waals surface area contributed by atoms with Gasteiger partial charge in [-0.05, 0) is 56.7 Å². The van der Waals surface area contributed by atoms with Gasteiger partial charge in [0.05, 0.1) is 11.1 Å². The summed E-state index contributed by atoms with van der Waals surface area (Å²) in [5.41, 5.74) is 6.27. The second kappa shape index (κ2) is 6.67. The molecule has 4 heteroatoms. The molecule has 0 saturated carbocycles. The van der Waals surface area contributed by atoms with Crippen molar-refractivity contribution in [2.24, 2.45) is 0 Å². The number of benzene rings is 2. The summed E-state index contributed by atoms with van der Waals surface area (Å²) >= 11 is 6.34. The smallest absolute Gasteiger partial charge is 0.343 e. The molecule has 0 bridgehead atoms. The summed E-state index contributed by atoms with van der Waals surface area (Å²) in [7, 11) is 0. The van der Waals surface area contributed by atoms with Crippen LogP contribution in [0.1, 0.15) is 27.8 Å². The zero-order valence-corrected chi connectivity index (χ0v) is 16.1. The lowest BCUT2D eigenvalue weighted by atomic mass is 10.0. The first kappa shape index (κ1) is 17.5. The van der Waals surface area contributed by atoms with E-state index in [2.05, 4.69) is 11.1 Å². The highest BCUT2D eigenvalue weighted by Crippen LogP contribution is 2.31. The lowest BCUT2D eigenvalue weighted by molar-refractivity contribution is -0.130. The Bertz CT molecular complexity index is 1160. The highest BCUT2D eigenvalue weighted by atomic mass is 35.5. The van der Waals surface area contributed by atoms with E-state index in [0.29, 0.717) is 22.0 Å². The van der Waals surface area contributed by atoms with Crippen LogP contribution in [0.4, 0.5) is 0 Å². The standard InChI is InChI=1S/C23H18ClNO2/c1-13-4-6-19(15(3)8-13)21-12-18(23(26)27-21)11-17-10-16-9-14(2)5-7-20(16)25-22(17)24/h4-12H,1-3H3/b18-11-. The van der Waals surface area contributed by atoms with Gasteiger partial charge < -0.3 is 4.74 Å². The molecular weight excluding hydrogens is 358 g/mol. The van der Waals surface area contributed by atoms with E-state index in [9.17, 15) is 4.79 Å². The number of carbonyl (C=O) groups is 1. The normalized spacial score (nSPS) is 15.3. The number of ether oxygens (including phenoxy) is 1. The number of pyridine rings is 1. The van der Waals surface area contributed by atoms with Gasteiger partial charge in [-0.2, -0.15) is 0 Å². The van der Waals surface area contributed by atoms with E-state index in [1.54, 1.807) is 12.2 Å². The first-order valence-corrected chi connectivity index (χ1v) is 9.08. The number of aromatic nitrogens is 1. The fourth-order valence-electron chi connectivity index (χ4n) is 3.27. The van der Waals surface area contributed by atoms with Crippen LogP contribution in [0.3, 0.4) is 0 Å². The Morgan fingerprint density at radius 3 is 2.52 bits per heavy atom. The molecular formula is C23H18ClNO2. The van der Waals surface area contributed by atoms with E-state index in [1.165, 1.54) is 5.56 Å². The fraction of sp³-hybridized carbons (Fsp3) is 0.130. The maximum atomic E-state index is 12.4. The molecule has 2 aromatic carbocycles. The molecule has 4 rings (SSSR count). The highest BCUT2D eigenvalue weighted by Gasteiger charge is 2.23. The first-order valence-electron chi connectivity index (χ1n) is 8.71. The molecule has 3 nitrogen and oxygen atoms in total. The minimum absolute atomic E-state index is 0.361. The summed E-state index contributed by atoms with van der Waals surface area (Å²) in [6.07, 6.45) is 3.49. The topological polar surface area (TPSA) is 39.2 Å². The van der Waals surface area contributed by atoms with Gasteiger partial charge in [-0.3, -0.25) is 0 Å². The SMILES string of the molecule is Cc1ccc(C2=C/C(=C/c3cc4cc(C)ccc4nc3Cl)C(=O)O2)c(C)c1. The average molecular weight is 376 g/mol. The fourth-order valence-corrected chi connectivity index (χ4v) is 3.47. The second-order valence-electron chi connectivity index (χ2n) is 6.88. The monoisotopic (exact) mass is 375 g/mol. The van der Waals surface area contributed by atoms with Crippen molar-refractivity contribution < 1.29 is 9.53 Å². The van der Waals surface area contributed by atoms with Crippen LogP contribution in [0.5, 0.6) is 0 Å². The van der Waals surface area contributed by atoms with Gasteiger partial charge in [0, 0.05) is 16.5 Å². The minimum atomic E-state index is -0.384. The summed E-state index contributed by atoms with van der Waals surface area (Å²) < 4.78 is 5.49. The summed E-state index contributed by atoms with van der Waals surface area (Å²) in [6, 6.07) is 14.0. The lowest BCUT2D eigenvalue weighted by Crippen LogP contribution is -1.98. The Kier molecular flexibility index (Phi) is 4.33. The molecule has 0 atom stereocenters. The summed E-state index contributed by atoms with van der Waals surface area (Å²) in [5, 5.41) is 1.34. The number of esters is 1. The molecule has 3 aromatic rings. The molecule has 0 amide bonds. The number of aryl methyl sites for hydroxylation is 3. The van der Waals surface area contributed by atoms with Crippen LogP contribution in [0, 0.1) is 20.8 Å². The largest absolute Gasteiger partial charge is 0.422 e. The maximum absolute atomic E-state index is 12.4. The molecule has 0 N–H and O–H groups in total. The molecule has 2 heterocycles. The van der Waals surface area contributed by atoms with Crippen molar-refractivity contribution in [2.75, 3.05) is 0 Å². The van der Waals surface area contributed by atoms with Crippen LogP contribution < -0.4 is 0 Å². The van der Waals surface area contributed by atoms with Crippen LogP contribution in [0.25, 0.3) is 22.7 Å². The number of fused-ring (bicyclic) bond motifs is 1. The van der Waals surface area contributed by atoms with Gasteiger partial charge >= 0.3 is 5.97 Å². The van der Waals surface area contributed by atoms with Gasteiger partial charge in [0.2, 0.25) is 0 Å². The molecule has 0 aliphatic carbocycles. The summed E-state index contributed by atoms with van der Waals surface area (Å²) in [5.74, 6) is 0.176. The van der Waals surface area contributed by atoms with Gasteiger partial charge in [-0.1, -0.05) is 47.0 Å². The Morgan fingerprint density at radius 1 is 1.00 bits per heavy atom. The third-order valence-electron chi connectivity index (χ3n) is 4.63. The van der Waals surface area contributed by atoms with Crippen LogP contribution in [-0.2, 0) is 9.53 Å². The molecule has 0 unspecified atom stereocenters. The average Bonchev–Trinajstić information content (AvgIpc) is 2.96. The molecule has 0 saturated heterocycles. The Labute approximate surface area is 163 Å². The Morgan fingerprint density at radius 2 is 1.74 bits per heavy atom. The second-order valence-corrected chi connectivity index (χ2v) is 7.24. The summed E-state index contributed by atoms with van der Waals surface area (Å²) in [6.45, 7) is 6.07. The maximum Gasteiger partial charge on any atom is 0.343 e. The van der Waals surface area contributed by atoms with Crippen LogP contribution in [-0.4, -0.2) is 11.0 Å². The quantitative estimate of drug-likeness (QED) is 0.323. The van der Waals surface area contributed by atoms with Gasteiger partial charge in [0.15, 0.2) is 0 Å². The number of carbonyl (C=O) groups excluding carboxylic acids is 1. The van der Waals surface area contributed by atoms with E-state index in [1.807, 2.05) is 57.2 Å². The van der Waals surface area contributed by atoms with Crippen molar-refractivity contribution in [3.05, 3.63) is 87.1 Å². The van der Waals surface area contributed by atoms with Crippen molar-refractivity contribution in [1.82, 2.24) is 4.98 Å². The van der Waals surface area contributed by atoms with E-state index >= 15 is 0 Å². The van der Waals surface area contributed by atoms with Gasteiger partial charge in [-0.15, -0.1) is 0 Å². The molecule has 1 aliphatic heterocycles. The van der Waals surface area contributed by atoms with Gasteiger partial charge in [-0.25, -0.2) is 9.78 Å².